The number of rotatable bonds is 3. The van der Waals surface area contributed by atoms with Crippen molar-refractivity contribution in [3.63, 3.8) is 0 Å². The summed E-state index contributed by atoms with van der Waals surface area (Å²) < 4.78 is 2.80. The third kappa shape index (κ3) is 2.80. The number of anilines is 1. The van der Waals surface area contributed by atoms with E-state index in [0.29, 0.717) is 34.2 Å². The highest BCUT2D eigenvalue weighted by Crippen LogP contribution is 2.66. The topological polar surface area (TPSA) is 23.4 Å². The Balaban J connectivity index is 1.16. The highest BCUT2D eigenvalue weighted by Gasteiger charge is 2.66. The van der Waals surface area contributed by atoms with Crippen molar-refractivity contribution >= 4 is 16.6 Å². The highest BCUT2D eigenvalue weighted by atomic mass is 15.3. The van der Waals surface area contributed by atoms with Crippen LogP contribution in [0, 0.1) is 10.8 Å². The van der Waals surface area contributed by atoms with Crippen molar-refractivity contribution in [2.45, 2.75) is 114 Å². The van der Waals surface area contributed by atoms with Crippen LogP contribution < -0.4 is 5.32 Å². The van der Waals surface area contributed by atoms with E-state index >= 15 is 0 Å². The number of aromatic nitrogens is 1. The van der Waals surface area contributed by atoms with Crippen LogP contribution in [-0.4, -0.2) is 52.6 Å². The van der Waals surface area contributed by atoms with Crippen molar-refractivity contribution in [1.29, 1.82) is 0 Å². The van der Waals surface area contributed by atoms with Gasteiger partial charge in [0, 0.05) is 58.8 Å². The third-order valence-electron chi connectivity index (χ3n) is 14.6. The summed E-state index contributed by atoms with van der Waals surface area (Å²) in [6, 6.07) is 19.2. The number of hydrogen-bond acceptors (Lipinski definition) is 3. The fraction of sp³-hybridized carbons (Fsp3) is 0.632. The second-order valence-electron chi connectivity index (χ2n) is 15.5. The lowest BCUT2D eigenvalue weighted by Gasteiger charge is -2.59. The maximum Gasteiger partial charge on any atom is 0.0566 e. The first-order valence-corrected chi connectivity index (χ1v) is 17.6. The van der Waals surface area contributed by atoms with E-state index in [1.54, 1.807) is 22.4 Å². The lowest BCUT2D eigenvalue weighted by atomic mass is 9.52. The minimum Gasteiger partial charge on any atom is -0.381 e. The van der Waals surface area contributed by atoms with E-state index in [9.17, 15) is 0 Å². The molecular weight excluding hydrogens is 512 g/mol. The number of para-hydroxylation sites is 1. The summed E-state index contributed by atoms with van der Waals surface area (Å²) >= 11 is 0. The van der Waals surface area contributed by atoms with E-state index in [0.717, 1.165) is 12.6 Å². The van der Waals surface area contributed by atoms with Crippen LogP contribution in [0.15, 0.2) is 42.5 Å². The van der Waals surface area contributed by atoms with E-state index in [4.69, 9.17) is 0 Å². The molecule has 6 aliphatic heterocycles. The molecule has 1 N–H and O–H groups in total. The predicted molar refractivity (Wildman–Crippen MR) is 171 cm³/mol. The first-order chi connectivity index (χ1) is 20.6. The van der Waals surface area contributed by atoms with Gasteiger partial charge in [0.1, 0.15) is 0 Å². The molecule has 220 valence electrons. The number of nitrogens with zero attached hydrogens (tertiary/aromatic N) is 3. The third-order valence-corrected chi connectivity index (χ3v) is 14.6. The first-order valence-electron chi connectivity index (χ1n) is 17.6. The number of fused-ring (bicyclic) bond motifs is 4. The monoisotopic (exact) mass is 560 g/mol. The summed E-state index contributed by atoms with van der Waals surface area (Å²) in [6.07, 6.45) is 13.5. The number of hydrogen-bond donors (Lipinski definition) is 1. The van der Waals surface area contributed by atoms with Gasteiger partial charge in [-0.05, 0) is 123 Å². The Kier molecular flexibility index (Phi) is 5.04. The van der Waals surface area contributed by atoms with Crippen LogP contribution in [0.3, 0.4) is 0 Å². The van der Waals surface area contributed by atoms with Crippen molar-refractivity contribution in [2.24, 2.45) is 10.8 Å². The summed E-state index contributed by atoms with van der Waals surface area (Å²) in [5, 5.41) is 5.69. The van der Waals surface area contributed by atoms with Gasteiger partial charge in [0.15, 0.2) is 0 Å². The Morgan fingerprint density at radius 2 is 1.76 bits per heavy atom. The SMILES string of the molecule is CC[C@@]12CCCN3CC[C@]4(c5cc([C@H]6Cn7c8c(c9ccccc97)CCN7CCC[C@]6(CC)[C@H]87)ccc5N[C@@H]4CC1)[C@H]32. The van der Waals surface area contributed by atoms with Gasteiger partial charge in [-0.1, -0.05) is 44.2 Å². The lowest BCUT2D eigenvalue weighted by molar-refractivity contribution is -0.0415. The van der Waals surface area contributed by atoms with Crippen LogP contribution >= 0.6 is 0 Å². The molecule has 0 amide bonds. The largest absolute Gasteiger partial charge is 0.381 e. The molecule has 1 aromatic heterocycles. The highest BCUT2D eigenvalue weighted by molar-refractivity contribution is 5.86. The zero-order valence-corrected chi connectivity index (χ0v) is 25.8. The molecule has 42 heavy (non-hydrogen) atoms. The van der Waals surface area contributed by atoms with Gasteiger partial charge in [-0.2, -0.15) is 0 Å². The lowest BCUT2D eigenvalue weighted by Crippen LogP contribution is -2.63. The quantitative estimate of drug-likeness (QED) is 0.356. The van der Waals surface area contributed by atoms with Gasteiger partial charge in [0.25, 0.3) is 0 Å². The van der Waals surface area contributed by atoms with Gasteiger partial charge in [0.05, 0.1) is 6.04 Å². The molecule has 4 heteroatoms. The molecule has 1 spiro atoms. The molecule has 0 unspecified atom stereocenters. The summed E-state index contributed by atoms with van der Waals surface area (Å²) in [7, 11) is 0. The van der Waals surface area contributed by atoms with Crippen molar-refractivity contribution in [2.75, 3.05) is 31.5 Å². The Morgan fingerprint density at radius 1 is 0.881 bits per heavy atom. The first kappa shape index (κ1) is 25.1. The van der Waals surface area contributed by atoms with Crippen molar-refractivity contribution < 1.29 is 0 Å². The van der Waals surface area contributed by atoms with Gasteiger partial charge in [-0.15, -0.1) is 0 Å². The summed E-state index contributed by atoms with van der Waals surface area (Å²) in [5.74, 6) is 0.564. The molecule has 3 saturated heterocycles. The molecule has 0 radical (unpaired) electrons. The average molecular weight is 561 g/mol. The van der Waals surface area contributed by atoms with E-state index < -0.39 is 0 Å². The molecule has 7 heterocycles. The van der Waals surface area contributed by atoms with Gasteiger partial charge in [-0.3, -0.25) is 9.80 Å². The van der Waals surface area contributed by atoms with E-state index in [2.05, 4.69) is 76.0 Å². The van der Waals surface area contributed by atoms with E-state index in [-0.39, 0.29) is 0 Å². The van der Waals surface area contributed by atoms with Crippen molar-refractivity contribution in [3.8, 4) is 0 Å². The second kappa shape index (κ2) is 8.45. The standard InChI is InChI=1S/C38H48N4/c1-3-36-15-7-20-41-22-18-38(35(36)41)28-23-25(11-12-30(28)39-32(38)13-17-36)29-24-42-31-10-6-5-9-26(31)27-14-21-40-19-8-16-37(29,4-2)34(40)33(27)42/h5-6,9-12,23,29,32,34-35,39H,3-4,7-8,13-22,24H2,1-2H3/t29-,32-,34+,35-,36-,37+,38-/m1/s1. The molecule has 3 aromatic rings. The van der Waals surface area contributed by atoms with Crippen LogP contribution in [0.2, 0.25) is 0 Å². The number of nitrogens with one attached hydrogen (secondary N) is 1. The molecule has 7 aliphatic rings. The zero-order valence-electron chi connectivity index (χ0n) is 25.8. The van der Waals surface area contributed by atoms with Gasteiger partial charge in [0.2, 0.25) is 0 Å². The van der Waals surface area contributed by atoms with Crippen LogP contribution in [0.4, 0.5) is 5.69 Å². The van der Waals surface area contributed by atoms with Crippen molar-refractivity contribution in [3.05, 3.63) is 64.8 Å². The van der Waals surface area contributed by atoms with Crippen LogP contribution in [-0.2, 0) is 18.4 Å². The molecule has 0 bridgehead atoms. The summed E-state index contributed by atoms with van der Waals surface area (Å²) in [4.78, 5) is 5.87. The number of benzene rings is 2. The van der Waals surface area contributed by atoms with E-state index in [1.807, 2.05) is 0 Å². The van der Waals surface area contributed by atoms with Crippen LogP contribution in [0.1, 0.15) is 106 Å². The van der Waals surface area contributed by atoms with Gasteiger partial charge >= 0.3 is 0 Å². The Hall–Kier alpha value is -2.30. The van der Waals surface area contributed by atoms with E-state index in [1.165, 1.54) is 107 Å². The Labute approximate surface area is 251 Å². The molecule has 2 aromatic carbocycles. The summed E-state index contributed by atoms with van der Waals surface area (Å²) in [5.41, 5.74) is 10.8. The van der Waals surface area contributed by atoms with Crippen LogP contribution in [0.5, 0.6) is 0 Å². The predicted octanol–water partition coefficient (Wildman–Crippen LogP) is 7.62. The van der Waals surface area contributed by atoms with Crippen molar-refractivity contribution in [1.82, 2.24) is 14.4 Å². The Morgan fingerprint density at radius 3 is 2.67 bits per heavy atom. The fourth-order valence-corrected chi connectivity index (χ4v) is 13.0. The minimum atomic E-state index is 0.302. The normalized spacial score (nSPS) is 39.9. The molecule has 1 aliphatic carbocycles. The smallest absolute Gasteiger partial charge is 0.0566 e. The summed E-state index contributed by atoms with van der Waals surface area (Å²) in [6.45, 7) is 11.3. The van der Waals surface area contributed by atoms with Gasteiger partial charge in [-0.25, -0.2) is 0 Å². The Bertz CT molecular complexity index is 1600. The number of piperidine rings is 2. The molecule has 4 nitrogen and oxygen atoms in total. The molecule has 4 fully saturated rings. The molecule has 7 atom stereocenters. The maximum atomic E-state index is 4.16. The van der Waals surface area contributed by atoms with Gasteiger partial charge < -0.3 is 9.88 Å². The second-order valence-corrected chi connectivity index (χ2v) is 15.5. The zero-order chi connectivity index (χ0) is 27.8. The average Bonchev–Trinajstić information content (AvgIpc) is 3.70. The molecule has 10 rings (SSSR count). The van der Waals surface area contributed by atoms with Crippen LogP contribution in [0.25, 0.3) is 10.9 Å². The fourth-order valence-electron chi connectivity index (χ4n) is 13.0. The molecular formula is C38H48N4. The molecule has 1 saturated carbocycles. The maximum absolute atomic E-state index is 4.16. The minimum absolute atomic E-state index is 0.302.